The van der Waals surface area contributed by atoms with Crippen molar-refractivity contribution in [1.29, 1.82) is 0 Å². The highest BCUT2D eigenvalue weighted by atomic mass is 16.5. The van der Waals surface area contributed by atoms with Gasteiger partial charge in [0.05, 0.1) is 25.0 Å². The number of hydrogen-bond donors (Lipinski definition) is 2. The summed E-state index contributed by atoms with van der Waals surface area (Å²) in [4.78, 5) is 43.1. The molecule has 3 heterocycles. The van der Waals surface area contributed by atoms with Gasteiger partial charge < -0.3 is 29.7 Å². The number of likely N-dealkylation sites (tertiary alicyclic amines) is 1. The molecule has 0 radical (unpaired) electrons. The summed E-state index contributed by atoms with van der Waals surface area (Å²) in [7, 11) is 1.57. The average molecular weight is 526 g/mol. The van der Waals surface area contributed by atoms with E-state index in [1.807, 2.05) is 19.1 Å². The molecule has 4 aliphatic rings. The minimum absolute atomic E-state index is 0.0711. The van der Waals surface area contributed by atoms with Gasteiger partial charge in [0.1, 0.15) is 17.4 Å². The van der Waals surface area contributed by atoms with Gasteiger partial charge in [0.25, 0.3) is 0 Å². The van der Waals surface area contributed by atoms with Crippen molar-refractivity contribution in [1.82, 2.24) is 10.2 Å². The molecule has 3 amide bonds. The summed E-state index contributed by atoms with van der Waals surface area (Å²) in [6.07, 6.45) is 7.98. The molecule has 1 aliphatic carbocycles. The van der Waals surface area contributed by atoms with E-state index < -0.39 is 29.6 Å². The summed E-state index contributed by atoms with van der Waals surface area (Å²) >= 11 is 0. The molecule has 3 fully saturated rings. The van der Waals surface area contributed by atoms with Gasteiger partial charge in [-0.3, -0.25) is 14.4 Å². The maximum absolute atomic E-state index is 14.0. The molecule has 2 bridgehead atoms. The first kappa shape index (κ1) is 26.7. The van der Waals surface area contributed by atoms with Crippen LogP contribution in [-0.2, 0) is 23.9 Å². The SMILES string of the molecule is CCOCCCN1C(=O)[C@H]2[C@H](C(=O)Nc3cccc(OC)c3)[C@H]3C=C[C@@]2(O3)[C@@H]1C(=O)N[C@@H]1CCCC[C@@H]1C. The number of nitrogens with one attached hydrogen (secondary N) is 2. The number of carbonyl (C=O) groups excluding carboxylic acids is 3. The second-order valence-corrected chi connectivity index (χ2v) is 10.9. The number of fused-ring (bicyclic) bond motifs is 1. The minimum atomic E-state index is -1.16. The average Bonchev–Trinajstić information content (AvgIpc) is 3.55. The van der Waals surface area contributed by atoms with Gasteiger partial charge in [-0.1, -0.05) is 38.0 Å². The molecule has 1 spiro atoms. The Bertz CT molecular complexity index is 1090. The normalized spacial score (nSPS) is 33.3. The highest BCUT2D eigenvalue weighted by molar-refractivity contribution is 6.02. The summed E-state index contributed by atoms with van der Waals surface area (Å²) in [5.74, 6) is -1.22. The molecule has 1 aromatic rings. The van der Waals surface area contributed by atoms with Crippen LogP contribution in [0.2, 0.25) is 0 Å². The fraction of sp³-hybridized carbons (Fsp3) is 0.621. The maximum Gasteiger partial charge on any atom is 0.246 e. The number of methoxy groups -OCH3 is 1. The topological polar surface area (TPSA) is 106 Å². The molecule has 5 rings (SSSR count). The standard InChI is InChI=1S/C29H39N3O6/c1-4-37-16-8-15-32-25(27(34)31-21-12-6-5-9-18(21)2)29-14-13-22(38-29)23(24(29)28(32)35)26(33)30-19-10-7-11-20(17-19)36-3/h7,10-11,13-14,17-18,21-25H,4-6,8-9,12,15-16H2,1-3H3,(H,30,33)(H,31,34)/t18-,21+,22+,23+,24+,25-,29-/m0/s1. The quantitative estimate of drug-likeness (QED) is 0.360. The van der Waals surface area contributed by atoms with Gasteiger partial charge in [0.2, 0.25) is 17.7 Å². The Morgan fingerprint density at radius 3 is 2.79 bits per heavy atom. The van der Waals surface area contributed by atoms with Crippen molar-refractivity contribution in [3.63, 3.8) is 0 Å². The van der Waals surface area contributed by atoms with Crippen LogP contribution in [-0.4, -0.2) is 73.3 Å². The molecule has 1 saturated carbocycles. The van der Waals surface area contributed by atoms with Crippen LogP contribution < -0.4 is 15.4 Å². The van der Waals surface area contributed by atoms with E-state index in [-0.39, 0.29) is 23.8 Å². The first-order valence-electron chi connectivity index (χ1n) is 13.9. The Kier molecular flexibility index (Phi) is 7.77. The predicted octanol–water partition coefficient (Wildman–Crippen LogP) is 2.91. The first-order chi connectivity index (χ1) is 18.4. The lowest BCUT2D eigenvalue weighted by Gasteiger charge is -2.36. The van der Waals surface area contributed by atoms with Gasteiger partial charge in [0, 0.05) is 37.6 Å². The van der Waals surface area contributed by atoms with Crippen LogP contribution in [0.4, 0.5) is 5.69 Å². The Morgan fingerprint density at radius 1 is 1.21 bits per heavy atom. The van der Waals surface area contributed by atoms with E-state index in [1.54, 1.807) is 36.3 Å². The van der Waals surface area contributed by atoms with Crippen molar-refractivity contribution in [3.8, 4) is 5.75 Å². The summed E-state index contributed by atoms with van der Waals surface area (Å²) in [5.41, 5.74) is -0.583. The Hall–Kier alpha value is -2.91. The van der Waals surface area contributed by atoms with Crippen LogP contribution in [0.25, 0.3) is 0 Å². The van der Waals surface area contributed by atoms with Crippen molar-refractivity contribution >= 4 is 23.4 Å². The molecule has 0 unspecified atom stereocenters. The molecular weight excluding hydrogens is 486 g/mol. The molecule has 0 aromatic heterocycles. The van der Waals surface area contributed by atoms with Gasteiger partial charge in [-0.05, 0) is 44.2 Å². The molecule has 38 heavy (non-hydrogen) atoms. The van der Waals surface area contributed by atoms with Crippen molar-refractivity contribution in [3.05, 3.63) is 36.4 Å². The zero-order valence-electron chi connectivity index (χ0n) is 22.5. The third-order valence-corrected chi connectivity index (χ3v) is 8.59. The second-order valence-electron chi connectivity index (χ2n) is 10.9. The largest absolute Gasteiger partial charge is 0.497 e. The van der Waals surface area contributed by atoms with E-state index in [9.17, 15) is 14.4 Å². The third-order valence-electron chi connectivity index (χ3n) is 8.59. The predicted molar refractivity (Wildman–Crippen MR) is 142 cm³/mol. The van der Waals surface area contributed by atoms with Gasteiger partial charge in [0.15, 0.2) is 0 Å². The van der Waals surface area contributed by atoms with Crippen molar-refractivity contribution in [2.75, 3.05) is 32.2 Å². The lowest BCUT2D eigenvalue weighted by molar-refractivity contribution is -0.141. The number of amides is 3. The van der Waals surface area contributed by atoms with Gasteiger partial charge >= 0.3 is 0 Å². The van der Waals surface area contributed by atoms with Crippen LogP contribution >= 0.6 is 0 Å². The number of nitrogens with zero attached hydrogens (tertiary/aromatic N) is 1. The molecule has 2 N–H and O–H groups in total. The molecule has 2 saturated heterocycles. The summed E-state index contributed by atoms with van der Waals surface area (Å²) in [5, 5.41) is 6.20. The number of carbonyl (C=O) groups is 3. The van der Waals surface area contributed by atoms with E-state index in [4.69, 9.17) is 14.2 Å². The van der Waals surface area contributed by atoms with E-state index in [1.165, 1.54) is 6.42 Å². The number of hydrogen-bond acceptors (Lipinski definition) is 6. The van der Waals surface area contributed by atoms with E-state index >= 15 is 0 Å². The summed E-state index contributed by atoms with van der Waals surface area (Å²) in [6.45, 7) is 5.53. The highest BCUT2D eigenvalue weighted by Crippen LogP contribution is 2.55. The molecule has 9 heteroatoms. The number of benzene rings is 1. The fourth-order valence-electron chi connectivity index (χ4n) is 6.71. The van der Waals surface area contributed by atoms with E-state index in [0.717, 1.165) is 19.3 Å². The Balaban J connectivity index is 1.41. The zero-order valence-corrected chi connectivity index (χ0v) is 22.5. The van der Waals surface area contributed by atoms with Crippen LogP contribution in [0.3, 0.4) is 0 Å². The maximum atomic E-state index is 14.0. The fourth-order valence-corrected chi connectivity index (χ4v) is 6.71. The highest BCUT2D eigenvalue weighted by Gasteiger charge is 2.72. The van der Waals surface area contributed by atoms with E-state index in [0.29, 0.717) is 43.5 Å². The molecule has 9 nitrogen and oxygen atoms in total. The van der Waals surface area contributed by atoms with Crippen molar-refractivity contribution in [2.24, 2.45) is 17.8 Å². The number of rotatable bonds is 10. The number of ether oxygens (including phenoxy) is 3. The van der Waals surface area contributed by atoms with Crippen LogP contribution in [0.15, 0.2) is 36.4 Å². The molecule has 7 atom stereocenters. The van der Waals surface area contributed by atoms with Gasteiger partial charge in [-0.25, -0.2) is 0 Å². The Labute approximate surface area is 224 Å². The second kappa shape index (κ2) is 11.1. The van der Waals surface area contributed by atoms with Gasteiger partial charge in [-0.2, -0.15) is 0 Å². The lowest BCUT2D eigenvalue weighted by Crippen LogP contribution is -2.57. The summed E-state index contributed by atoms with van der Waals surface area (Å²) < 4.78 is 17.2. The zero-order chi connectivity index (χ0) is 26.9. The van der Waals surface area contributed by atoms with Crippen molar-refractivity contribution < 1.29 is 28.6 Å². The monoisotopic (exact) mass is 525 g/mol. The van der Waals surface area contributed by atoms with Crippen LogP contribution in [0.5, 0.6) is 5.75 Å². The molecular formula is C29H39N3O6. The Morgan fingerprint density at radius 2 is 2.03 bits per heavy atom. The van der Waals surface area contributed by atoms with Crippen molar-refractivity contribution in [2.45, 2.75) is 69.7 Å². The summed E-state index contributed by atoms with van der Waals surface area (Å²) in [6, 6.07) is 6.34. The van der Waals surface area contributed by atoms with E-state index in [2.05, 4.69) is 17.6 Å². The molecule has 206 valence electrons. The molecule has 1 aromatic carbocycles. The first-order valence-corrected chi connectivity index (χ1v) is 13.9. The van der Waals surface area contributed by atoms with Gasteiger partial charge in [-0.15, -0.1) is 0 Å². The number of anilines is 1. The third kappa shape index (κ3) is 4.71. The minimum Gasteiger partial charge on any atom is -0.497 e. The lowest BCUT2D eigenvalue weighted by atomic mass is 9.74. The van der Waals surface area contributed by atoms with Crippen LogP contribution in [0.1, 0.15) is 46.0 Å². The molecule has 3 aliphatic heterocycles. The van der Waals surface area contributed by atoms with Crippen LogP contribution in [0, 0.1) is 17.8 Å². The smallest absolute Gasteiger partial charge is 0.246 e.